The Bertz CT molecular complexity index is 649. The summed E-state index contributed by atoms with van der Waals surface area (Å²) in [4.78, 5) is 11.7. The van der Waals surface area contributed by atoms with E-state index in [-0.39, 0.29) is 19.0 Å². The molecule has 0 aromatic heterocycles. The molecule has 0 aliphatic rings. The fourth-order valence-corrected chi connectivity index (χ4v) is 1.93. The maximum Gasteiger partial charge on any atom is 0.238 e. The van der Waals surface area contributed by atoms with E-state index in [1.807, 2.05) is 0 Å². The Kier molecular flexibility index (Phi) is 5.25. The van der Waals surface area contributed by atoms with Crippen LogP contribution in [0.25, 0.3) is 0 Å². The largest absolute Gasteiger partial charge is 0.325 e. The van der Waals surface area contributed by atoms with E-state index >= 15 is 0 Å². The van der Waals surface area contributed by atoms with Crippen LogP contribution in [-0.2, 0) is 11.3 Å². The molecular weight excluding hydrogens is 298 g/mol. The first-order valence-corrected chi connectivity index (χ1v) is 6.62. The average molecular weight is 311 g/mol. The molecule has 2 rings (SSSR count). The van der Waals surface area contributed by atoms with E-state index in [4.69, 9.17) is 11.6 Å². The van der Waals surface area contributed by atoms with E-state index in [1.54, 1.807) is 24.3 Å². The Morgan fingerprint density at radius 1 is 1.10 bits per heavy atom. The Balaban J connectivity index is 1.80. The fourth-order valence-electron chi connectivity index (χ4n) is 1.74. The average Bonchev–Trinajstić information content (AvgIpc) is 2.43. The molecule has 0 heterocycles. The molecule has 0 saturated carbocycles. The molecule has 0 fully saturated rings. The summed E-state index contributed by atoms with van der Waals surface area (Å²) < 4.78 is 25.7. The van der Waals surface area contributed by atoms with Gasteiger partial charge in [-0.1, -0.05) is 23.7 Å². The predicted octanol–water partition coefficient (Wildman–Crippen LogP) is 3.35. The van der Waals surface area contributed by atoms with Crippen molar-refractivity contribution in [3.05, 3.63) is 64.7 Å². The Morgan fingerprint density at radius 2 is 1.90 bits per heavy atom. The minimum absolute atomic E-state index is 0.0471. The van der Waals surface area contributed by atoms with E-state index in [9.17, 15) is 13.6 Å². The summed E-state index contributed by atoms with van der Waals surface area (Å²) in [5, 5.41) is 6.05. The molecule has 3 nitrogen and oxygen atoms in total. The van der Waals surface area contributed by atoms with Crippen LogP contribution in [0.4, 0.5) is 14.5 Å². The van der Waals surface area contributed by atoms with Gasteiger partial charge in [-0.15, -0.1) is 0 Å². The molecule has 2 N–H and O–H groups in total. The van der Waals surface area contributed by atoms with Gasteiger partial charge in [0.05, 0.1) is 6.54 Å². The summed E-state index contributed by atoms with van der Waals surface area (Å²) in [6.45, 7) is 0.311. The number of benzene rings is 2. The lowest BCUT2D eigenvalue weighted by atomic mass is 10.2. The Labute approximate surface area is 125 Å². The summed E-state index contributed by atoms with van der Waals surface area (Å²) in [6.07, 6.45) is 0. The zero-order chi connectivity index (χ0) is 15.2. The number of rotatable bonds is 5. The van der Waals surface area contributed by atoms with Crippen LogP contribution >= 0.6 is 11.6 Å². The number of amides is 1. The highest BCUT2D eigenvalue weighted by Gasteiger charge is 2.05. The lowest BCUT2D eigenvalue weighted by Crippen LogP contribution is -2.27. The molecule has 2 aromatic carbocycles. The third-order valence-electron chi connectivity index (χ3n) is 2.71. The number of carbonyl (C=O) groups is 1. The SMILES string of the molecule is O=C(CNCc1ccc(F)c(F)c1)Nc1cccc(Cl)c1. The first kappa shape index (κ1) is 15.4. The molecule has 0 aliphatic heterocycles. The molecular formula is C15H13ClF2N2O. The van der Waals surface area contributed by atoms with Gasteiger partial charge in [0.1, 0.15) is 0 Å². The number of hydrogen-bond acceptors (Lipinski definition) is 2. The van der Waals surface area contributed by atoms with Gasteiger partial charge >= 0.3 is 0 Å². The van der Waals surface area contributed by atoms with Crippen LogP contribution in [0.15, 0.2) is 42.5 Å². The van der Waals surface area contributed by atoms with Crippen LogP contribution in [-0.4, -0.2) is 12.5 Å². The van der Waals surface area contributed by atoms with Crippen molar-refractivity contribution in [2.75, 3.05) is 11.9 Å². The van der Waals surface area contributed by atoms with E-state index < -0.39 is 11.6 Å². The van der Waals surface area contributed by atoms with Gasteiger partial charge in [0.2, 0.25) is 5.91 Å². The zero-order valence-electron chi connectivity index (χ0n) is 11.0. The van der Waals surface area contributed by atoms with Gasteiger partial charge < -0.3 is 10.6 Å². The molecule has 21 heavy (non-hydrogen) atoms. The molecule has 0 aliphatic carbocycles. The van der Waals surface area contributed by atoms with Crippen LogP contribution in [0.2, 0.25) is 5.02 Å². The van der Waals surface area contributed by atoms with Gasteiger partial charge in [-0.25, -0.2) is 8.78 Å². The topological polar surface area (TPSA) is 41.1 Å². The van der Waals surface area contributed by atoms with E-state index in [0.29, 0.717) is 16.3 Å². The van der Waals surface area contributed by atoms with Crippen molar-refractivity contribution < 1.29 is 13.6 Å². The monoisotopic (exact) mass is 310 g/mol. The smallest absolute Gasteiger partial charge is 0.238 e. The van der Waals surface area contributed by atoms with E-state index in [1.165, 1.54) is 6.07 Å². The normalized spacial score (nSPS) is 10.4. The quantitative estimate of drug-likeness (QED) is 0.889. The molecule has 2 aromatic rings. The Morgan fingerprint density at radius 3 is 2.62 bits per heavy atom. The highest BCUT2D eigenvalue weighted by molar-refractivity contribution is 6.30. The van der Waals surface area contributed by atoms with Crippen molar-refractivity contribution in [1.82, 2.24) is 5.32 Å². The van der Waals surface area contributed by atoms with Crippen LogP contribution in [0.5, 0.6) is 0 Å². The summed E-state index contributed by atoms with van der Waals surface area (Å²) in [7, 11) is 0. The van der Waals surface area contributed by atoms with Crippen molar-refractivity contribution >= 4 is 23.2 Å². The van der Waals surface area contributed by atoms with Crippen LogP contribution in [0.3, 0.4) is 0 Å². The molecule has 6 heteroatoms. The maximum absolute atomic E-state index is 13.0. The zero-order valence-corrected chi connectivity index (χ0v) is 11.8. The fraction of sp³-hybridized carbons (Fsp3) is 0.133. The second-order valence-electron chi connectivity index (χ2n) is 4.41. The highest BCUT2D eigenvalue weighted by Crippen LogP contribution is 2.14. The summed E-state index contributed by atoms with van der Waals surface area (Å²) >= 11 is 5.81. The molecule has 0 atom stereocenters. The van der Waals surface area contributed by atoms with Crippen LogP contribution in [0, 0.1) is 11.6 Å². The summed E-state index contributed by atoms with van der Waals surface area (Å²) in [5.74, 6) is -2.05. The molecule has 0 radical (unpaired) electrons. The number of hydrogen-bond donors (Lipinski definition) is 2. The maximum atomic E-state index is 13.0. The Hall–Kier alpha value is -1.98. The number of anilines is 1. The molecule has 0 spiro atoms. The van der Waals surface area contributed by atoms with Crippen molar-refractivity contribution in [1.29, 1.82) is 0 Å². The van der Waals surface area contributed by atoms with Gasteiger partial charge in [0, 0.05) is 17.3 Å². The van der Waals surface area contributed by atoms with E-state index in [0.717, 1.165) is 12.1 Å². The molecule has 0 unspecified atom stereocenters. The minimum atomic E-state index is -0.905. The van der Waals surface area contributed by atoms with Gasteiger partial charge in [-0.05, 0) is 35.9 Å². The van der Waals surface area contributed by atoms with Gasteiger partial charge in [0.25, 0.3) is 0 Å². The van der Waals surface area contributed by atoms with E-state index in [2.05, 4.69) is 10.6 Å². The number of nitrogens with one attached hydrogen (secondary N) is 2. The number of halogens is 3. The first-order chi connectivity index (χ1) is 10.0. The van der Waals surface area contributed by atoms with Crippen LogP contribution in [0.1, 0.15) is 5.56 Å². The van der Waals surface area contributed by atoms with Gasteiger partial charge in [-0.3, -0.25) is 4.79 Å². The van der Waals surface area contributed by atoms with Gasteiger partial charge in [-0.2, -0.15) is 0 Å². The van der Waals surface area contributed by atoms with Gasteiger partial charge in [0.15, 0.2) is 11.6 Å². The molecule has 0 saturated heterocycles. The minimum Gasteiger partial charge on any atom is -0.325 e. The second kappa shape index (κ2) is 7.15. The third-order valence-corrected chi connectivity index (χ3v) is 2.94. The molecule has 1 amide bonds. The summed E-state index contributed by atoms with van der Waals surface area (Å²) in [5.41, 5.74) is 1.16. The lowest BCUT2D eigenvalue weighted by Gasteiger charge is -2.07. The van der Waals surface area contributed by atoms with Crippen molar-refractivity contribution in [2.45, 2.75) is 6.54 Å². The van der Waals surface area contributed by atoms with Crippen molar-refractivity contribution in [3.8, 4) is 0 Å². The molecule has 0 bridgehead atoms. The van der Waals surface area contributed by atoms with Crippen LogP contribution < -0.4 is 10.6 Å². The van der Waals surface area contributed by atoms with Crippen molar-refractivity contribution in [3.63, 3.8) is 0 Å². The predicted molar refractivity (Wildman–Crippen MR) is 78.1 cm³/mol. The standard InChI is InChI=1S/C15H13ClF2N2O/c16-11-2-1-3-12(7-11)20-15(21)9-19-8-10-4-5-13(17)14(18)6-10/h1-7,19H,8-9H2,(H,20,21). The highest BCUT2D eigenvalue weighted by atomic mass is 35.5. The van der Waals surface area contributed by atoms with Crippen molar-refractivity contribution in [2.24, 2.45) is 0 Å². The third kappa shape index (κ3) is 4.81. The second-order valence-corrected chi connectivity index (χ2v) is 4.85. The summed E-state index contributed by atoms with van der Waals surface area (Å²) in [6, 6.07) is 10.4. The number of carbonyl (C=O) groups excluding carboxylic acids is 1. The first-order valence-electron chi connectivity index (χ1n) is 6.24. The lowest BCUT2D eigenvalue weighted by molar-refractivity contribution is -0.115. The molecule has 110 valence electrons.